The molecule has 4 fully saturated rings. The summed E-state index contributed by atoms with van der Waals surface area (Å²) >= 11 is 0. The van der Waals surface area contributed by atoms with E-state index in [2.05, 4.69) is 10.2 Å². The van der Waals surface area contributed by atoms with Crippen molar-refractivity contribution >= 4 is 6.03 Å². The number of hydrogen-bond donors (Lipinski definition) is 1. The smallest absolute Gasteiger partial charge is 0.320 e. The van der Waals surface area contributed by atoms with Gasteiger partial charge in [0, 0.05) is 38.8 Å². The van der Waals surface area contributed by atoms with Gasteiger partial charge in [0.1, 0.15) is 0 Å². The molecule has 4 aliphatic rings. The Morgan fingerprint density at radius 2 is 1.93 bits per heavy atom. The molecule has 3 saturated heterocycles. The zero-order chi connectivity index (χ0) is 9.54. The van der Waals surface area contributed by atoms with Crippen LogP contribution in [0.1, 0.15) is 12.8 Å². The zero-order valence-corrected chi connectivity index (χ0v) is 8.41. The van der Waals surface area contributed by atoms with E-state index in [1.807, 2.05) is 4.90 Å². The summed E-state index contributed by atoms with van der Waals surface area (Å²) in [7, 11) is 0. The largest absolute Gasteiger partial charge is 0.322 e. The van der Waals surface area contributed by atoms with E-state index in [-0.39, 0.29) is 6.03 Å². The summed E-state index contributed by atoms with van der Waals surface area (Å²) in [5.41, 5.74) is 0. The Labute approximate surface area is 84.2 Å². The van der Waals surface area contributed by atoms with Gasteiger partial charge in [-0.25, -0.2) is 4.79 Å². The monoisotopic (exact) mass is 195 g/mol. The number of carbonyl (C=O) groups is 1. The van der Waals surface area contributed by atoms with E-state index in [4.69, 9.17) is 0 Å². The SMILES string of the molecule is O=C(N1CCNCC1)N1CC2CC1C2. The van der Waals surface area contributed by atoms with E-state index in [1.54, 1.807) is 0 Å². The molecule has 1 aliphatic carbocycles. The average Bonchev–Trinajstić information content (AvgIpc) is 2.76. The van der Waals surface area contributed by atoms with Crippen LogP contribution in [0.4, 0.5) is 4.79 Å². The molecule has 3 aliphatic heterocycles. The third-order valence-corrected chi connectivity index (χ3v) is 3.74. The molecule has 0 aromatic rings. The van der Waals surface area contributed by atoms with Crippen molar-refractivity contribution in [3.63, 3.8) is 0 Å². The maximum Gasteiger partial charge on any atom is 0.320 e. The van der Waals surface area contributed by atoms with Crippen molar-refractivity contribution in [3.8, 4) is 0 Å². The molecule has 2 amide bonds. The van der Waals surface area contributed by atoms with E-state index in [0.29, 0.717) is 6.04 Å². The fourth-order valence-electron chi connectivity index (χ4n) is 2.80. The second-order valence-electron chi connectivity index (χ2n) is 4.66. The van der Waals surface area contributed by atoms with Gasteiger partial charge in [-0.05, 0) is 18.8 Å². The van der Waals surface area contributed by atoms with Crippen LogP contribution in [-0.2, 0) is 0 Å². The normalized spacial score (nSPS) is 35.7. The first kappa shape index (κ1) is 8.53. The molecule has 78 valence electrons. The molecule has 0 aromatic carbocycles. The molecular weight excluding hydrogens is 178 g/mol. The Morgan fingerprint density at radius 1 is 1.21 bits per heavy atom. The van der Waals surface area contributed by atoms with Gasteiger partial charge in [0.15, 0.2) is 0 Å². The lowest BCUT2D eigenvalue weighted by Gasteiger charge is -2.33. The van der Waals surface area contributed by atoms with Gasteiger partial charge in [0.25, 0.3) is 0 Å². The van der Waals surface area contributed by atoms with Gasteiger partial charge in [-0.3, -0.25) is 0 Å². The van der Waals surface area contributed by atoms with E-state index >= 15 is 0 Å². The summed E-state index contributed by atoms with van der Waals surface area (Å²) in [6.07, 6.45) is 2.52. The zero-order valence-electron chi connectivity index (χ0n) is 8.41. The average molecular weight is 195 g/mol. The first-order chi connectivity index (χ1) is 6.84. The topological polar surface area (TPSA) is 35.6 Å². The van der Waals surface area contributed by atoms with E-state index < -0.39 is 0 Å². The number of fused-ring (bicyclic) bond motifs is 1. The number of urea groups is 1. The van der Waals surface area contributed by atoms with Crippen molar-refractivity contribution in [2.75, 3.05) is 32.7 Å². The summed E-state index contributed by atoms with van der Waals surface area (Å²) in [6, 6.07) is 0.874. The molecule has 2 bridgehead atoms. The molecule has 0 aromatic heterocycles. The van der Waals surface area contributed by atoms with Crippen molar-refractivity contribution in [1.29, 1.82) is 0 Å². The number of nitrogens with one attached hydrogen (secondary N) is 1. The highest BCUT2D eigenvalue weighted by Gasteiger charge is 2.46. The highest BCUT2D eigenvalue weighted by molar-refractivity contribution is 5.75. The summed E-state index contributed by atoms with van der Waals surface area (Å²) < 4.78 is 0. The minimum Gasteiger partial charge on any atom is -0.322 e. The molecular formula is C10H17N3O. The predicted molar refractivity (Wildman–Crippen MR) is 53.1 cm³/mol. The maximum absolute atomic E-state index is 12.1. The van der Waals surface area contributed by atoms with Crippen LogP contribution in [0.15, 0.2) is 0 Å². The van der Waals surface area contributed by atoms with Gasteiger partial charge >= 0.3 is 6.03 Å². The minimum atomic E-state index is 0.288. The number of nitrogens with zero attached hydrogens (tertiary/aromatic N) is 2. The van der Waals surface area contributed by atoms with Crippen molar-refractivity contribution in [2.24, 2.45) is 5.92 Å². The summed E-state index contributed by atoms with van der Waals surface area (Å²) in [5.74, 6) is 0.826. The molecule has 0 unspecified atom stereocenters. The summed E-state index contributed by atoms with van der Waals surface area (Å²) in [4.78, 5) is 16.2. The third-order valence-electron chi connectivity index (χ3n) is 3.74. The van der Waals surface area contributed by atoms with Gasteiger partial charge in [-0.15, -0.1) is 0 Å². The molecule has 3 heterocycles. The number of hydrogen-bond acceptors (Lipinski definition) is 2. The first-order valence-corrected chi connectivity index (χ1v) is 5.61. The molecule has 4 nitrogen and oxygen atoms in total. The first-order valence-electron chi connectivity index (χ1n) is 5.61. The second-order valence-corrected chi connectivity index (χ2v) is 4.66. The second kappa shape index (κ2) is 3.12. The van der Waals surface area contributed by atoms with E-state index in [1.165, 1.54) is 12.8 Å². The van der Waals surface area contributed by atoms with Crippen molar-refractivity contribution in [1.82, 2.24) is 15.1 Å². The van der Waals surface area contributed by atoms with Crippen LogP contribution in [0.25, 0.3) is 0 Å². The Hall–Kier alpha value is -0.770. The van der Waals surface area contributed by atoms with Crippen molar-refractivity contribution < 1.29 is 4.79 Å². The van der Waals surface area contributed by atoms with Crippen LogP contribution in [0.3, 0.4) is 0 Å². The quantitative estimate of drug-likeness (QED) is 0.595. The van der Waals surface area contributed by atoms with Crippen LogP contribution >= 0.6 is 0 Å². The van der Waals surface area contributed by atoms with Gasteiger partial charge < -0.3 is 15.1 Å². The maximum atomic E-state index is 12.1. The van der Waals surface area contributed by atoms with Crippen LogP contribution in [-0.4, -0.2) is 54.6 Å². The lowest BCUT2D eigenvalue weighted by Crippen LogP contribution is -2.51. The number of piperazine rings is 1. The van der Waals surface area contributed by atoms with Crippen molar-refractivity contribution in [3.05, 3.63) is 0 Å². The third kappa shape index (κ3) is 1.21. The van der Waals surface area contributed by atoms with Gasteiger partial charge in [0.2, 0.25) is 0 Å². The molecule has 0 spiro atoms. The van der Waals surface area contributed by atoms with E-state index in [9.17, 15) is 4.79 Å². The molecule has 4 heteroatoms. The predicted octanol–water partition coefficient (Wildman–Crippen LogP) is 0.106. The Kier molecular flexibility index (Phi) is 1.90. The number of rotatable bonds is 0. The van der Waals surface area contributed by atoms with Crippen molar-refractivity contribution in [2.45, 2.75) is 18.9 Å². The van der Waals surface area contributed by atoms with Gasteiger partial charge in [-0.2, -0.15) is 0 Å². The highest BCUT2D eigenvalue weighted by Crippen LogP contribution is 2.40. The standard InChI is InChI=1S/C10H17N3O/c14-10(12-3-1-11-2-4-12)13-7-8-5-9(13)6-8/h8-9,11H,1-7H2. The van der Waals surface area contributed by atoms with E-state index in [0.717, 1.165) is 38.6 Å². The molecule has 14 heavy (non-hydrogen) atoms. The van der Waals surface area contributed by atoms with Crippen LogP contribution in [0, 0.1) is 5.92 Å². The minimum absolute atomic E-state index is 0.288. The lowest BCUT2D eigenvalue weighted by molar-refractivity contribution is 0.144. The molecule has 0 radical (unpaired) electrons. The fraction of sp³-hybridized carbons (Fsp3) is 0.900. The number of carbonyl (C=O) groups excluding carboxylic acids is 1. The van der Waals surface area contributed by atoms with Crippen LogP contribution in [0.5, 0.6) is 0 Å². The molecule has 1 N–H and O–H groups in total. The summed E-state index contributed by atoms with van der Waals surface area (Å²) in [6.45, 7) is 4.69. The van der Waals surface area contributed by atoms with Gasteiger partial charge in [0.05, 0.1) is 0 Å². The molecule has 0 atom stereocenters. The summed E-state index contributed by atoms with van der Waals surface area (Å²) in [5, 5.41) is 3.27. The highest BCUT2D eigenvalue weighted by atomic mass is 16.2. The molecule has 1 saturated carbocycles. The van der Waals surface area contributed by atoms with Crippen LogP contribution < -0.4 is 5.32 Å². The number of amides is 2. The van der Waals surface area contributed by atoms with Crippen LogP contribution in [0.2, 0.25) is 0 Å². The Balaban J connectivity index is 1.63. The Bertz CT molecular complexity index is 244. The molecule has 4 rings (SSSR count). The van der Waals surface area contributed by atoms with Gasteiger partial charge in [-0.1, -0.05) is 0 Å². The lowest BCUT2D eigenvalue weighted by atomic mass is 9.86. The Morgan fingerprint density at radius 3 is 2.50 bits per heavy atom. The fourth-order valence-corrected chi connectivity index (χ4v) is 2.80.